The van der Waals surface area contributed by atoms with Gasteiger partial charge in [0.2, 0.25) is 0 Å². The number of alkyl halides is 1. The Morgan fingerprint density at radius 3 is 2.77 bits per heavy atom. The number of hydrogen-bond donors (Lipinski definition) is 0. The molecule has 120 valence electrons. The van der Waals surface area contributed by atoms with Gasteiger partial charge in [-0.05, 0) is 26.0 Å². The summed E-state index contributed by atoms with van der Waals surface area (Å²) >= 11 is 2.25. The zero-order valence-corrected chi connectivity index (χ0v) is 14.7. The highest BCUT2D eigenvalue weighted by molar-refractivity contribution is 14.1. The number of hydrogen-bond acceptors (Lipinski definition) is 5. The molecule has 22 heavy (non-hydrogen) atoms. The molecule has 2 saturated heterocycles. The van der Waals surface area contributed by atoms with Gasteiger partial charge in [0.05, 0.1) is 15.6 Å². The molecule has 2 aliphatic heterocycles. The number of ether oxygens (including phenoxy) is 4. The Morgan fingerprint density at radius 2 is 2.09 bits per heavy atom. The largest absolute Gasteiger partial charge is 0.461 e. The van der Waals surface area contributed by atoms with Crippen LogP contribution >= 0.6 is 22.6 Å². The topological polar surface area (TPSA) is 54.0 Å². The molecule has 0 radical (unpaired) electrons. The van der Waals surface area contributed by atoms with Crippen LogP contribution in [-0.2, 0) is 18.9 Å². The van der Waals surface area contributed by atoms with Crippen LogP contribution in [0.2, 0.25) is 0 Å². The molecule has 0 aromatic heterocycles. The molecule has 0 N–H and O–H groups in total. The molecule has 0 bridgehead atoms. The van der Waals surface area contributed by atoms with Crippen molar-refractivity contribution in [3.63, 3.8) is 0 Å². The maximum atomic E-state index is 11.9. The molecular weight excluding hydrogens is 399 g/mol. The number of carbonyl (C=O) groups excluding carboxylic acids is 1. The molecule has 4 atom stereocenters. The van der Waals surface area contributed by atoms with Gasteiger partial charge in [-0.3, -0.25) is 0 Å². The molecule has 0 unspecified atom stereocenters. The van der Waals surface area contributed by atoms with Crippen molar-refractivity contribution in [2.45, 2.75) is 48.5 Å². The van der Waals surface area contributed by atoms with E-state index in [1.54, 1.807) is 12.1 Å². The lowest BCUT2D eigenvalue weighted by molar-refractivity contribution is -0.204. The standard InChI is InChI=1S/C16H19IO5/c1-16(2)21-13-8-12(20-15(13)22-16)11(17)9-19-14(18)10-6-4-3-5-7-10/h3-7,11-13,15H,8-9H2,1-2H3/t11-,12-,13+,15+/m0/s1. The molecule has 2 heterocycles. The Bertz CT molecular complexity index is 517. The molecule has 6 heteroatoms. The van der Waals surface area contributed by atoms with E-state index in [9.17, 15) is 4.79 Å². The second kappa shape index (κ2) is 6.43. The number of carbonyl (C=O) groups is 1. The van der Waals surface area contributed by atoms with Crippen molar-refractivity contribution >= 4 is 28.6 Å². The van der Waals surface area contributed by atoms with E-state index in [0.717, 1.165) is 6.42 Å². The third-order valence-electron chi connectivity index (χ3n) is 3.70. The Kier molecular flexibility index (Phi) is 4.72. The monoisotopic (exact) mass is 418 g/mol. The number of benzene rings is 1. The summed E-state index contributed by atoms with van der Waals surface area (Å²) in [5, 5.41) is 0. The maximum Gasteiger partial charge on any atom is 0.338 e. The summed E-state index contributed by atoms with van der Waals surface area (Å²) in [5.74, 6) is -0.894. The minimum Gasteiger partial charge on any atom is -0.461 e. The summed E-state index contributed by atoms with van der Waals surface area (Å²) in [4.78, 5) is 11.9. The fraction of sp³-hybridized carbons (Fsp3) is 0.562. The van der Waals surface area contributed by atoms with E-state index in [0.29, 0.717) is 12.2 Å². The first-order chi connectivity index (χ1) is 10.4. The van der Waals surface area contributed by atoms with E-state index < -0.39 is 5.79 Å². The number of halogens is 1. The van der Waals surface area contributed by atoms with Crippen LogP contribution in [0.25, 0.3) is 0 Å². The van der Waals surface area contributed by atoms with Crippen molar-refractivity contribution in [3.8, 4) is 0 Å². The van der Waals surface area contributed by atoms with Crippen LogP contribution in [-0.4, -0.2) is 40.8 Å². The molecule has 0 spiro atoms. The molecule has 0 saturated carbocycles. The lowest BCUT2D eigenvalue weighted by atomic mass is 10.1. The van der Waals surface area contributed by atoms with Crippen molar-refractivity contribution < 1.29 is 23.7 Å². The van der Waals surface area contributed by atoms with E-state index in [4.69, 9.17) is 18.9 Å². The van der Waals surface area contributed by atoms with Crippen molar-refractivity contribution in [1.82, 2.24) is 0 Å². The van der Waals surface area contributed by atoms with Crippen molar-refractivity contribution in [2.75, 3.05) is 6.61 Å². The zero-order chi connectivity index (χ0) is 15.7. The van der Waals surface area contributed by atoms with Crippen LogP contribution in [0.3, 0.4) is 0 Å². The van der Waals surface area contributed by atoms with E-state index in [-0.39, 0.29) is 28.4 Å². The summed E-state index contributed by atoms with van der Waals surface area (Å²) in [6.07, 6.45) is 0.365. The molecule has 1 aromatic carbocycles. The summed E-state index contributed by atoms with van der Waals surface area (Å²) in [7, 11) is 0. The number of rotatable bonds is 4. The first-order valence-electron chi connectivity index (χ1n) is 7.32. The smallest absolute Gasteiger partial charge is 0.338 e. The first kappa shape index (κ1) is 16.2. The molecule has 0 amide bonds. The lowest BCUT2D eigenvalue weighted by Crippen LogP contribution is -2.30. The van der Waals surface area contributed by atoms with Gasteiger partial charge in [0, 0.05) is 6.42 Å². The van der Waals surface area contributed by atoms with Crippen LogP contribution in [0.5, 0.6) is 0 Å². The van der Waals surface area contributed by atoms with E-state index in [1.807, 2.05) is 32.0 Å². The quantitative estimate of drug-likeness (QED) is 0.428. The van der Waals surface area contributed by atoms with Gasteiger partial charge in [-0.2, -0.15) is 0 Å². The number of esters is 1. The molecular formula is C16H19IO5. The van der Waals surface area contributed by atoms with E-state index >= 15 is 0 Å². The molecule has 3 rings (SSSR count). The van der Waals surface area contributed by atoms with Crippen LogP contribution < -0.4 is 0 Å². The third-order valence-corrected chi connectivity index (χ3v) is 4.86. The van der Waals surface area contributed by atoms with E-state index in [1.165, 1.54) is 0 Å². The van der Waals surface area contributed by atoms with Crippen LogP contribution in [0.1, 0.15) is 30.6 Å². The summed E-state index contributed by atoms with van der Waals surface area (Å²) in [6, 6.07) is 8.98. The molecule has 0 aliphatic carbocycles. The highest BCUT2D eigenvalue weighted by Gasteiger charge is 2.49. The highest BCUT2D eigenvalue weighted by atomic mass is 127. The van der Waals surface area contributed by atoms with Crippen LogP contribution in [0.4, 0.5) is 0 Å². The van der Waals surface area contributed by atoms with Gasteiger partial charge in [-0.1, -0.05) is 40.8 Å². The van der Waals surface area contributed by atoms with Crippen molar-refractivity contribution in [3.05, 3.63) is 35.9 Å². The SMILES string of the molecule is CC1(C)O[C@H]2O[C@H]([C@@H](I)COC(=O)c3ccccc3)C[C@H]2O1. The van der Waals surface area contributed by atoms with Crippen LogP contribution in [0, 0.1) is 0 Å². The molecule has 2 fully saturated rings. The van der Waals surface area contributed by atoms with Crippen LogP contribution in [0.15, 0.2) is 30.3 Å². The third kappa shape index (κ3) is 3.61. The van der Waals surface area contributed by atoms with Gasteiger partial charge >= 0.3 is 5.97 Å². The zero-order valence-electron chi connectivity index (χ0n) is 12.5. The second-order valence-corrected chi connectivity index (χ2v) is 7.53. The summed E-state index contributed by atoms with van der Waals surface area (Å²) in [6.45, 7) is 4.07. The second-order valence-electron chi connectivity index (χ2n) is 5.93. The normalized spacial score (nSPS) is 30.8. The fourth-order valence-corrected chi connectivity index (χ4v) is 3.33. The number of fused-ring (bicyclic) bond motifs is 1. The predicted molar refractivity (Wildman–Crippen MR) is 87.8 cm³/mol. The average Bonchev–Trinajstić information content (AvgIpc) is 2.98. The Morgan fingerprint density at radius 1 is 1.36 bits per heavy atom. The summed E-state index contributed by atoms with van der Waals surface area (Å²) in [5.41, 5.74) is 0.559. The van der Waals surface area contributed by atoms with Gasteiger partial charge in [-0.15, -0.1) is 0 Å². The molecule has 2 aliphatic rings. The Balaban J connectivity index is 1.48. The van der Waals surface area contributed by atoms with Gasteiger partial charge in [0.1, 0.15) is 12.7 Å². The summed E-state index contributed by atoms with van der Waals surface area (Å²) < 4.78 is 22.8. The van der Waals surface area contributed by atoms with E-state index in [2.05, 4.69) is 22.6 Å². The molecule has 5 nitrogen and oxygen atoms in total. The van der Waals surface area contributed by atoms with Gasteiger partial charge in [0.25, 0.3) is 0 Å². The lowest BCUT2D eigenvalue weighted by Gasteiger charge is -2.22. The Hall–Kier alpha value is -0.700. The minimum atomic E-state index is -0.582. The van der Waals surface area contributed by atoms with Gasteiger partial charge < -0.3 is 18.9 Å². The van der Waals surface area contributed by atoms with Gasteiger partial charge in [-0.25, -0.2) is 4.79 Å². The minimum absolute atomic E-state index is 0.0322. The Labute approximate surface area is 143 Å². The fourth-order valence-electron chi connectivity index (χ4n) is 2.69. The van der Waals surface area contributed by atoms with Gasteiger partial charge in [0.15, 0.2) is 12.1 Å². The highest BCUT2D eigenvalue weighted by Crippen LogP contribution is 2.39. The average molecular weight is 418 g/mol. The van der Waals surface area contributed by atoms with Crippen molar-refractivity contribution in [1.29, 1.82) is 0 Å². The predicted octanol–water partition coefficient (Wildman–Crippen LogP) is 2.91. The first-order valence-corrected chi connectivity index (χ1v) is 8.56. The molecule has 1 aromatic rings. The maximum absolute atomic E-state index is 11.9. The van der Waals surface area contributed by atoms with Crippen molar-refractivity contribution in [2.24, 2.45) is 0 Å².